The summed E-state index contributed by atoms with van der Waals surface area (Å²) in [7, 11) is 1.60. The van der Waals surface area contributed by atoms with Crippen LogP contribution >= 0.6 is 0 Å². The second-order valence-electron chi connectivity index (χ2n) is 6.52. The van der Waals surface area contributed by atoms with Crippen LogP contribution in [-0.2, 0) is 9.53 Å². The van der Waals surface area contributed by atoms with E-state index in [0.717, 1.165) is 12.8 Å². The molecule has 1 saturated heterocycles. The molecule has 0 spiro atoms. The summed E-state index contributed by atoms with van der Waals surface area (Å²) in [5, 5.41) is 2.86. The van der Waals surface area contributed by atoms with Gasteiger partial charge in [-0.05, 0) is 42.5 Å². The summed E-state index contributed by atoms with van der Waals surface area (Å²) in [6.07, 6.45) is 2.22. The molecule has 1 aliphatic rings. The van der Waals surface area contributed by atoms with E-state index in [4.69, 9.17) is 4.74 Å². The predicted molar refractivity (Wildman–Crippen MR) is 93.7 cm³/mol. The van der Waals surface area contributed by atoms with Crippen LogP contribution in [0.2, 0.25) is 0 Å². The average Bonchev–Trinajstić information content (AvgIpc) is 2.62. The maximum absolute atomic E-state index is 13.0. The Labute approximate surface area is 148 Å². The molecule has 1 aromatic carbocycles. The van der Waals surface area contributed by atoms with Gasteiger partial charge < -0.3 is 15.0 Å². The van der Waals surface area contributed by atoms with Crippen molar-refractivity contribution in [3.63, 3.8) is 0 Å². The first-order valence-corrected chi connectivity index (χ1v) is 8.85. The second kappa shape index (κ2) is 9.51. The summed E-state index contributed by atoms with van der Waals surface area (Å²) in [5.41, 5.74) is 0.506. The van der Waals surface area contributed by atoms with Crippen molar-refractivity contribution in [3.05, 3.63) is 35.6 Å². The molecule has 0 aromatic heterocycles. The largest absolute Gasteiger partial charge is 0.383 e. The number of carbonyl (C=O) groups is 2. The third kappa shape index (κ3) is 5.53. The smallest absolute Gasteiger partial charge is 0.253 e. The lowest BCUT2D eigenvalue weighted by Gasteiger charge is -2.38. The quantitative estimate of drug-likeness (QED) is 0.769. The molecule has 1 N–H and O–H groups in total. The maximum atomic E-state index is 13.0. The molecule has 1 heterocycles. The zero-order chi connectivity index (χ0) is 18.2. The topological polar surface area (TPSA) is 58.6 Å². The van der Waals surface area contributed by atoms with Crippen molar-refractivity contribution < 1.29 is 18.7 Å². The van der Waals surface area contributed by atoms with Crippen molar-refractivity contribution in [1.29, 1.82) is 0 Å². The van der Waals surface area contributed by atoms with Crippen molar-refractivity contribution in [3.8, 4) is 0 Å². The van der Waals surface area contributed by atoms with Gasteiger partial charge in [0.1, 0.15) is 5.82 Å². The Morgan fingerprint density at radius 3 is 2.64 bits per heavy atom. The van der Waals surface area contributed by atoms with E-state index in [1.165, 1.54) is 24.3 Å². The molecule has 1 aliphatic heterocycles. The highest BCUT2D eigenvalue weighted by molar-refractivity contribution is 5.94. The number of nitrogens with one attached hydrogen (secondary N) is 1. The van der Waals surface area contributed by atoms with Crippen LogP contribution < -0.4 is 5.32 Å². The minimum atomic E-state index is -0.346. The average molecular weight is 350 g/mol. The van der Waals surface area contributed by atoms with Crippen molar-refractivity contribution in [2.45, 2.75) is 26.2 Å². The highest BCUT2D eigenvalue weighted by Gasteiger charge is 2.31. The second-order valence-corrected chi connectivity index (χ2v) is 6.52. The molecule has 25 heavy (non-hydrogen) atoms. The molecular weight excluding hydrogens is 323 g/mol. The fourth-order valence-corrected chi connectivity index (χ4v) is 3.37. The molecular formula is C19H27FN2O3. The number of piperidine rings is 1. The molecule has 0 aliphatic carbocycles. The molecule has 2 amide bonds. The number of rotatable bonds is 7. The number of carbonyl (C=O) groups excluding carboxylic acids is 2. The van der Waals surface area contributed by atoms with E-state index < -0.39 is 0 Å². The van der Waals surface area contributed by atoms with Crippen LogP contribution in [0.25, 0.3) is 0 Å². The number of hydrogen-bond acceptors (Lipinski definition) is 3. The molecule has 1 aromatic rings. The molecule has 6 heteroatoms. The fraction of sp³-hybridized carbons (Fsp3) is 0.579. The van der Waals surface area contributed by atoms with Gasteiger partial charge in [0.05, 0.1) is 6.61 Å². The molecule has 2 atom stereocenters. The molecule has 5 nitrogen and oxygen atoms in total. The number of likely N-dealkylation sites (tertiary alicyclic amines) is 1. The van der Waals surface area contributed by atoms with Crippen molar-refractivity contribution >= 4 is 11.8 Å². The van der Waals surface area contributed by atoms with E-state index in [1.54, 1.807) is 7.11 Å². The van der Waals surface area contributed by atoms with Crippen LogP contribution in [0.1, 0.15) is 36.5 Å². The summed E-state index contributed by atoms with van der Waals surface area (Å²) in [4.78, 5) is 26.4. The minimum absolute atomic E-state index is 0.0406. The SMILES string of the molecule is CCC1CN(C(=O)c2ccc(F)cc2)CCC1CC(=O)NCCOC. The Morgan fingerprint density at radius 1 is 1.28 bits per heavy atom. The highest BCUT2D eigenvalue weighted by atomic mass is 19.1. The Balaban J connectivity index is 1.90. The first-order valence-electron chi connectivity index (χ1n) is 8.85. The molecule has 0 radical (unpaired) electrons. The van der Waals surface area contributed by atoms with Crippen LogP contribution in [0.15, 0.2) is 24.3 Å². The molecule has 1 fully saturated rings. The number of ether oxygens (including phenoxy) is 1. The van der Waals surface area contributed by atoms with Gasteiger partial charge in [0.2, 0.25) is 5.91 Å². The summed E-state index contributed by atoms with van der Waals surface area (Å²) >= 11 is 0. The van der Waals surface area contributed by atoms with E-state index in [2.05, 4.69) is 12.2 Å². The number of nitrogens with zero attached hydrogens (tertiary/aromatic N) is 1. The van der Waals surface area contributed by atoms with Gasteiger partial charge in [0.15, 0.2) is 0 Å². The number of halogens is 1. The van der Waals surface area contributed by atoms with Gasteiger partial charge in [-0.2, -0.15) is 0 Å². The van der Waals surface area contributed by atoms with Crippen LogP contribution in [0, 0.1) is 17.7 Å². The molecule has 138 valence electrons. The molecule has 2 unspecified atom stereocenters. The zero-order valence-electron chi connectivity index (χ0n) is 15.0. The van der Waals surface area contributed by atoms with Crippen LogP contribution in [0.4, 0.5) is 4.39 Å². The summed E-state index contributed by atoms with van der Waals surface area (Å²) < 4.78 is 18.0. The van der Waals surface area contributed by atoms with E-state index >= 15 is 0 Å². The summed E-state index contributed by atoms with van der Waals surface area (Å²) in [5.74, 6) is 0.206. The fourth-order valence-electron chi connectivity index (χ4n) is 3.37. The predicted octanol–water partition coefficient (Wildman–Crippen LogP) is 2.47. The Bertz CT molecular complexity index is 577. The number of hydrogen-bond donors (Lipinski definition) is 1. The summed E-state index contributed by atoms with van der Waals surface area (Å²) in [6.45, 7) is 4.39. The van der Waals surface area contributed by atoms with E-state index in [1.807, 2.05) is 4.90 Å². The highest BCUT2D eigenvalue weighted by Crippen LogP contribution is 2.29. The Morgan fingerprint density at radius 2 is 2.00 bits per heavy atom. The van der Waals surface area contributed by atoms with Gasteiger partial charge in [-0.25, -0.2) is 4.39 Å². The third-order valence-electron chi connectivity index (χ3n) is 4.87. The van der Waals surface area contributed by atoms with Gasteiger partial charge in [-0.1, -0.05) is 13.3 Å². The zero-order valence-corrected chi connectivity index (χ0v) is 15.0. The first-order chi connectivity index (χ1) is 12.0. The lowest BCUT2D eigenvalue weighted by Crippen LogP contribution is -2.45. The van der Waals surface area contributed by atoms with Crippen LogP contribution in [0.5, 0.6) is 0 Å². The van der Waals surface area contributed by atoms with Gasteiger partial charge in [0.25, 0.3) is 5.91 Å². The van der Waals surface area contributed by atoms with Crippen molar-refractivity contribution in [1.82, 2.24) is 10.2 Å². The van der Waals surface area contributed by atoms with Crippen LogP contribution in [-0.4, -0.2) is 50.1 Å². The van der Waals surface area contributed by atoms with Gasteiger partial charge in [0, 0.05) is 38.7 Å². The number of amides is 2. The number of methoxy groups -OCH3 is 1. The van der Waals surface area contributed by atoms with Gasteiger partial charge in [-0.15, -0.1) is 0 Å². The van der Waals surface area contributed by atoms with Gasteiger partial charge in [-0.3, -0.25) is 9.59 Å². The normalized spacial score (nSPS) is 20.4. The van der Waals surface area contributed by atoms with E-state index in [9.17, 15) is 14.0 Å². The molecule has 2 rings (SSSR count). The van der Waals surface area contributed by atoms with E-state index in [-0.39, 0.29) is 23.5 Å². The van der Waals surface area contributed by atoms with Gasteiger partial charge >= 0.3 is 0 Å². The number of benzene rings is 1. The Hall–Kier alpha value is -1.95. The van der Waals surface area contributed by atoms with Crippen molar-refractivity contribution in [2.75, 3.05) is 33.4 Å². The third-order valence-corrected chi connectivity index (χ3v) is 4.87. The van der Waals surface area contributed by atoms with Crippen molar-refractivity contribution in [2.24, 2.45) is 11.8 Å². The molecule has 0 bridgehead atoms. The maximum Gasteiger partial charge on any atom is 0.253 e. The standard InChI is InChI=1S/C19H27FN2O3/c1-3-14-13-22(19(24)15-4-6-17(20)7-5-15)10-8-16(14)12-18(23)21-9-11-25-2/h4-7,14,16H,3,8-13H2,1-2H3,(H,21,23). The molecule has 0 saturated carbocycles. The monoisotopic (exact) mass is 350 g/mol. The van der Waals surface area contributed by atoms with E-state index in [0.29, 0.717) is 44.1 Å². The first kappa shape index (κ1) is 19.4. The summed E-state index contributed by atoms with van der Waals surface area (Å²) in [6, 6.07) is 5.66. The minimum Gasteiger partial charge on any atom is -0.383 e. The van der Waals surface area contributed by atoms with Crippen LogP contribution in [0.3, 0.4) is 0 Å². The lowest BCUT2D eigenvalue weighted by atomic mass is 9.81. The lowest BCUT2D eigenvalue weighted by molar-refractivity contribution is -0.123. The Kier molecular flexibility index (Phi) is 7.37.